The zero-order chi connectivity index (χ0) is 24.5. The molecule has 2 heterocycles. The second-order valence-corrected chi connectivity index (χ2v) is 7.89. The Hall–Kier alpha value is -3.53. The van der Waals surface area contributed by atoms with Gasteiger partial charge >= 0.3 is 6.18 Å². The van der Waals surface area contributed by atoms with E-state index in [1.165, 1.54) is 12.1 Å². The number of nitrogens with one attached hydrogen (secondary N) is 1. The Morgan fingerprint density at radius 3 is 2.26 bits per heavy atom. The maximum Gasteiger partial charge on any atom is 0.416 e. The van der Waals surface area contributed by atoms with E-state index in [0.717, 1.165) is 17.7 Å². The van der Waals surface area contributed by atoms with Gasteiger partial charge in [0, 0.05) is 42.4 Å². The molecule has 0 radical (unpaired) electrons. The smallest absolute Gasteiger partial charge is 0.416 e. The normalized spacial score (nSPS) is 13.9. The number of ether oxygens (including phenoxy) is 3. The first-order chi connectivity index (χ1) is 16.2. The summed E-state index contributed by atoms with van der Waals surface area (Å²) in [5, 5.41) is 0. The number of aromatic nitrogens is 2. The predicted octanol–water partition coefficient (Wildman–Crippen LogP) is 4.04. The average Bonchev–Trinajstić information content (AvgIpc) is 2.83. The maximum absolute atomic E-state index is 12.9. The molecule has 1 aromatic heterocycles. The van der Waals surface area contributed by atoms with Gasteiger partial charge in [-0.05, 0) is 24.6 Å². The molecule has 0 fully saturated rings. The van der Waals surface area contributed by atoms with Gasteiger partial charge in [0.05, 0.1) is 32.6 Å². The summed E-state index contributed by atoms with van der Waals surface area (Å²) in [6.45, 7) is 1.56. The third-order valence-corrected chi connectivity index (χ3v) is 5.82. The van der Waals surface area contributed by atoms with E-state index in [-0.39, 0.29) is 11.4 Å². The molecule has 3 aromatic rings. The molecule has 0 unspecified atom stereocenters. The molecular formula is C24H24F3N3O4. The van der Waals surface area contributed by atoms with Crippen LogP contribution >= 0.6 is 0 Å². The molecule has 0 spiro atoms. The van der Waals surface area contributed by atoms with Gasteiger partial charge in [0.25, 0.3) is 5.56 Å². The number of hydrogen-bond donors (Lipinski definition) is 1. The van der Waals surface area contributed by atoms with Gasteiger partial charge in [-0.25, -0.2) is 4.98 Å². The number of alkyl halides is 3. The lowest BCUT2D eigenvalue weighted by Crippen LogP contribution is -2.35. The Morgan fingerprint density at radius 1 is 1.00 bits per heavy atom. The highest BCUT2D eigenvalue weighted by Gasteiger charge is 2.30. The summed E-state index contributed by atoms with van der Waals surface area (Å²) in [6, 6.07) is 8.18. The van der Waals surface area contributed by atoms with Crippen molar-refractivity contribution in [3.8, 4) is 28.6 Å². The number of methoxy groups -OCH3 is 3. The van der Waals surface area contributed by atoms with Crippen LogP contribution in [0.3, 0.4) is 0 Å². The minimum atomic E-state index is -4.43. The zero-order valence-corrected chi connectivity index (χ0v) is 19.0. The van der Waals surface area contributed by atoms with Gasteiger partial charge < -0.3 is 19.2 Å². The van der Waals surface area contributed by atoms with E-state index in [1.807, 2.05) is 6.07 Å². The van der Waals surface area contributed by atoms with E-state index in [4.69, 9.17) is 14.2 Å². The second kappa shape index (κ2) is 9.38. The van der Waals surface area contributed by atoms with Crippen LogP contribution in [0.1, 0.15) is 22.4 Å². The summed E-state index contributed by atoms with van der Waals surface area (Å²) in [5.41, 5.74) is 1.45. The van der Waals surface area contributed by atoms with Crippen molar-refractivity contribution >= 4 is 0 Å². The third-order valence-electron chi connectivity index (χ3n) is 5.82. The van der Waals surface area contributed by atoms with Crippen molar-refractivity contribution in [2.75, 3.05) is 27.9 Å². The predicted molar refractivity (Wildman–Crippen MR) is 119 cm³/mol. The molecular weight excluding hydrogens is 451 g/mol. The van der Waals surface area contributed by atoms with Crippen molar-refractivity contribution in [3.05, 3.63) is 69.1 Å². The number of benzene rings is 2. The van der Waals surface area contributed by atoms with Gasteiger partial charge in [-0.2, -0.15) is 13.2 Å². The Kier molecular flexibility index (Phi) is 6.52. The molecule has 10 heteroatoms. The molecule has 1 aliphatic heterocycles. The second-order valence-electron chi connectivity index (χ2n) is 7.89. The van der Waals surface area contributed by atoms with E-state index in [0.29, 0.717) is 60.1 Å². The Balaban J connectivity index is 1.60. The van der Waals surface area contributed by atoms with Gasteiger partial charge in [0.2, 0.25) is 0 Å². The molecule has 2 aromatic carbocycles. The van der Waals surface area contributed by atoms with Gasteiger partial charge in [0.15, 0.2) is 11.5 Å². The highest BCUT2D eigenvalue weighted by Crippen LogP contribution is 2.36. The molecule has 1 N–H and O–H groups in total. The van der Waals surface area contributed by atoms with Crippen LogP contribution < -0.4 is 19.8 Å². The molecule has 0 saturated heterocycles. The van der Waals surface area contributed by atoms with E-state index in [9.17, 15) is 18.0 Å². The third kappa shape index (κ3) is 4.72. The first-order valence-corrected chi connectivity index (χ1v) is 10.5. The van der Waals surface area contributed by atoms with Crippen molar-refractivity contribution in [1.82, 2.24) is 14.9 Å². The summed E-state index contributed by atoms with van der Waals surface area (Å²) in [4.78, 5) is 22.1. The SMILES string of the molecule is COc1cc(OC)c(OC)cc1CN1CCc2c(nc(-c3ccc(C(F)(F)F)cc3)[nH]c2=O)C1. The fraction of sp³-hybridized carbons (Fsp3) is 0.333. The Labute approximate surface area is 194 Å². The first kappa shape index (κ1) is 23.6. The molecule has 180 valence electrons. The van der Waals surface area contributed by atoms with Crippen LogP contribution in [0.4, 0.5) is 13.2 Å². The Morgan fingerprint density at radius 2 is 1.65 bits per heavy atom. The molecule has 4 rings (SSSR count). The number of rotatable bonds is 6. The number of nitrogens with zero attached hydrogens (tertiary/aromatic N) is 2. The van der Waals surface area contributed by atoms with Crippen molar-refractivity contribution in [1.29, 1.82) is 0 Å². The number of H-pyrrole nitrogens is 1. The maximum atomic E-state index is 12.9. The van der Waals surface area contributed by atoms with Crippen LogP contribution in [0.2, 0.25) is 0 Å². The Bertz CT molecular complexity index is 1240. The van der Waals surface area contributed by atoms with Gasteiger partial charge in [0.1, 0.15) is 11.6 Å². The number of fused-ring (bicyclic) bond motifs is 1. The summed E-state index contributed by atoms with van der Waals surface area (Å²) in [7, 11) is 4.69. The molecule has 7 nitrogen and oxygen atoms in total. The van der Waals surface area contributed by atoms with Crippen LogP contribution in [0.25, 0.3) is 11.4 Å². The zero-order valence-electron chi connectivity index (χ0n) is 19.0. The van der Waals surface area contributed by atoms with Crippen molar-refractivity contribution < 1.29 is 27.4 Å². The van der Waals surface area contributed by atoms with Gasteiger partial charge in [-0.3, -0.25) is 9.69 Å². The summed E-state index contributed by atoms with van der Waals surface area (Å²) in [5.74, 6) is 2.02. The first-order valence-electron chi connectivity index (χ1n) is 10.5. The average molecular weight is 475 g/mol. The number of halogens is 3. The lowest BCUT2D eigenvalue weighted by molar-refractivity contribution is -0.137. The van der Waals surface area contributed by atoms with Gasteiger partial charge in [-0.15, -0.1) is 0 Å². The van der Waals surface area contributed by atoms with Crippen molar-refractivity contribution in [3.63, 3.8) is 0 Å². The van der Waals surface area contributed by atoms with E-state index in [2.05, 4.69) is 14.9 Å². The molecule has 34 heavy (non-hydrogen) atoms. The summed E-state index contributed by atoms with van der Waals surface area (Å²) >= 11 is 0. The summed E-state index contributed by atoms with van der Waals surface area (Å²) < 4.78 is 54.9. The van der Waals surface area contributed by atoms with Crippen molar-refractivity contribution in [2.45, 2.75) is 25.7 Å². The van der Waals surface area contributed by atoms with Crippen LogP contribution in [0.5, 0.6) is 17.2 Å². The fourth-order valence-corrected chi connectivity index (χ4v) is 4.04. The highest BCUT2D eigenvalue weighted by molar-refractivity contribution is 5.56. The molecule has 0 amide bonds. The molecule has 0 atom stereocenters. The largest absolute Gasteiger partial charge is 0.496 e. The fourth-order valence-electron chi connectivity index (χ4n) is 4.04. The van der Waals surface area contributed by atoms with E-state index >= 15 is 0 Å². The lowest BCUT2D eigenvalue weighted by atomic mass is 10.0. The highest BCUT2D eigenvalue weighted by atomic mass is 19.4. The molecule has 0 bridgehead atoms. The monoisotopic (exact) mass is 475 g/mol. The van der Waals surface area contributed by atoms with Crippen molar-refractivity contribution in [2.24, 2.45) is 0 Å². The minimum absolute atomic E-state index is 0.239. The van der Waals surface area contributed by atoms with Crippen LogP contribution in [-0.2, 0) is 25.7 Å². The van der Waals surface area contributed by atoms with Crippen LogP contribution in [0, 0.1) is 0 Å². The summed E-state index contributed by atoms with van der Waals surface area (Å²) in [6.07, 6.45) is -3.93. The van der Waals surface area contributed by atoms with E-state index < -0.39 is 11.7 Å². The quantitative estimate of drug-likeness (QED) is 0.580. The lowest BCUT2D eigenvalue weighted by Gasteiger charge is -2.28. The molecule has 0 aliphatic carbocycles. The number of hydrogen-bond acceptors (Lipinski definition) is 6. The van der Waals surface area contributed by atoms with Crippen LogP contribution in [0.15, 0.2) is 41.2 Å². The van der Waals surface area contributed by atoms with E-state index in [1.54, 1.807) is 27.4 Å². The van der Waals surface area contributed by atoms with Crippen LogP contribution in [-0.4, -0.2) is 42.7 Å². The standard InChI is InChI=1S/C24H24F3N3O4/c1-32-19-11-21(34-3)20(33-2)10-15(19)12-30-9-8-17-18(13-30)28-22(29-23(17)31)14-4-6-16(7-5-14)24(25,26)27/h4-7,10-11H,8-9,12-13H2,1-3H3,(H,28,29,31). The topological polar surface area (TPSA) is 76.7 Å². The molecule has 1 aliphatic rings. The number of aromatic amines is 1. The van der Waals surface area contributed by atoms with Gasteiger partial charge in [-0.1, -0.05) is 12.1 Å². The minimum Gasteiger partial charge on any atom is -0.496 e. The molecule has 0 saturated carbocycles.